The topological polar surface area (TPSA) is 68.2 Å². The molecule has 3 heterocycles. The SMILES string of the molecule is Clc1cc(NCc2ccoc2)n2ncnc2n1. The summed E-state index contributed by atoms with van der Waals surface area (Å²) in [6.07, 6.45) is 4.73. The predicted molar refractivity (Wildman–Crippen MR) is 61.8 cm³/mol. The van der Waals surface area contributed by atoms with E-state index in [9.17, 15) is 0 Å². The van der Waals surface area contributed by atoms with Crippen LogP contribution in [0.2, 0.25) is 5.15 Å². The number of hydrogen-bond donors (Lipinski definition) is 1. The summed E-state index contributed by atoms with van der Waals surface area (Å²) in [5.74, 6) is 1.20. The van der Waals surface area contributed by atoms with Crippen molar-refractivity contribution in [3.8, 4) is 0 Å². The van der Waals surface area contributed by atoms with Crippen molar-refractivity contribution in [1.29, 1.82) is 0 Å². The van der Waals surface area contributed by atoms with E-state index in [0.717, 1.165) is 11.4 Å². The summed E-state index contributed by atoms with van der Waals surface area (Å²) in [4.78, 5) is 8.02. The van der Waals surface area contributed by atoms with Crippen LogP contribution in [0.1, 0.15) is 5.56 Å². The number of fused-ring (bicyclic) bond motifs is 1. The summed E-state index contributed by atoms with van der Waals surface area (Å²) in [5.41, 5.74) is 1.03. The Morgan fingerprint density at radius 3 is 3.24 bits per heavy atom. The summed E-state index contributed by atoms with van der Waals surface area (Å²) in [5, 5.41) is 7.63. The highest BCUT2D eigenvalue weighted by Gasteiger charge is 2.06. The lowest BCUT2D eigenvalue weighted by molar-refractivity contribution is 0.564. The van der Waals surface area contributed by atoms with Crippen molar-refractivity contribution in [1.82, 2.24) is 19.6 Å². The van der Waals surface area contributed by atoms with Crippen LogP contribution in [0.4, 0.5) is 5.82 Å². The molecule has 0 amide bonds. The van der Waals surface area contributed by atoms with Crippen LogP contribution in [-0.2, 0) is 6.54 Å². The maximum atomic E-state index is 5.89. The molecule has 0 aromatic carbocycles. The van der Waals surface area contributed by atoms with Gasteiger partial charge in [0.25, 0.3) is 5.78 Å². The molecule has 7 heteroatoms. The fourth-order valence-electron chi connectivity index (χ4n) is 1.50. The van der Waals surface area contributed by atoms with E-state index in [2.05, 4.69) is 20.4 Å². The number of nitrogens with one attached hydrogen (secondary N) is 1. The Balaban J connectivity index is 1.91. The lowest BCUT2D eigenvalue weighted by Crippen LogP contribution is -2.05. The molecule has 17 heavy (non-hydrogen) atoms. The third kappa shape index (κ3) is 1.94. The molecule has 0 fully saturated rings. The molecule has 6 nitrogen and oxygen atoms in total. The van der Waals surface area contributed by atoms with Crippen LogP contribution in [0.15, 0.2) is 35.4 Å². The number of hydrogen-bond acceptors (Lipinski definition) is 5. The van der Waals surface area contributed by atoms with Gasteiger partial charge in [0.05, 0.1) is 12.5 Å². The van der Waals surface area contributed by atoms with Gasteiger partial charge in [0.1, 0.15) is 17.3 Å². The number of halogens is 1. The second kappa shape index (κ2) is 4.06. The third-order valence-corrected chi connectivity index (χ3v) is 2.47. The molecule has 0 atom stereocenters. The zero-order chi connectivity index (χ0) is 11.7. The van der Waals surface area contributed by atoms with Crippen LogP contribution in [0.3, 0.4) is 0 Å². The molecule has 3 aromatic rings. The van der Waals surface area contributed by atoms with Gasteiger partial charge >= 0.3 is 0 Å². The van der Waals surface area contributed by atoms with Crippen LogP contribution in [-0.4, -0.2) is 19.6 Å². The normalized spacial score (nSPS) is 10.9. The predicted octanol–water partition coefficient (Wildman–Crippen LogP) is 1.98. The molecule has 0 aliphatic rings. The molecule has 0 bridgehead atoms. The first-order valence-electron chi connectivity index (χ1n) is 4.94. The molecular formula is C10H8ClN5O. The van der Waals surface area contributed by atoms with E-state index in [1.54, 1.807) is 23.1 Å². The van der Waals surface area contributed by atoms with E-state index < -0.39 is 0 Å². The van der Waals surface area contributed by atoms with Gasteiger partial charge in [-0.25, -0.2) is 0 Å². The molecule has 3 rings (SSSR count). The summed E-state index contributed by atoms with van der Waals surface area (Å²) in [6.45, 7) is 0.617. The van der Waals surface area contributed by atoms with Gasteiger partial charge in [0.2, 0.25) is 0 Å². The van der Waals surface area contributed by atoms with Crippen molar-refractivity contribution in [3.05, 3.63) is 41.7 Å². The summed E-state index contributed by atoms with van der Waals surface area (Å²) >= 11 is 5.89. The summed E-state index contributed by atoms with van der Waals surface area (Å²) in [7, 11) is 0. The van der Waals surface area contributed by atoms with E-state index in [0.29, 0.717) is 17.5 Å². The maximum Gasteiger partial charge on any atom is 0.255 e. The fraction of sp³-hybridized carbons (Fsp3) is 0.100. The number of anilines is 1. The van der Waals surface area contributed by atoms with Crippen LogP contribution in [0.5, 0.6) is 0 Å². The van der Waals surface area contributed by atoms with E-state index in [4.69, 9.17) is 16.0 Å². The van der Waals surface area contributed by atoms with Crippen molar-refractivity contribution in [2.75, 3.05) is 5.32 Å². The van der Waals surface area contributed by atoms with Gasteiger partial charge in [-0.2, -0.15) is 19.6 Å². The minimum absolute atomic E-state index is 0.375. The number of aromatic nitrogens is 4. The first-order valence-corrected chi connectivity index (χ1v) is 5.32. The second-order valence-corrected chi connectivity index (χ2v) is 3.81. The van der Waals surface area contributed by atoms with Gasteiger partial charge in [-0.15, -0.1) is 0 Å². The highest BCUT2D eigenvalue weighted by atomic mass is 35.5. The van der Waals surface area contributed by atoms with Crippen LogP contribution in [0.25, 0.3) is 5.78 Å². The lowest BCUT2D eigenvalue weighted by Gasteiger charge is -2.06. The fourth-order valence-corrected chi connectivity index (χ4v) is 1.67. The second-order valence-electron chi connectivity index (χ2n) is 3.42. The Kier molecular flexibility index (Phi) is 2.41. The van der Waals surface area contributed by atoms with Crippen molar-refractivity contribution >= 4 is 23.2 Å². The largest absolute Gasteiger partial charge is 0.472 e. The molecule has 0 saturated heterocycles. The Labute approximate surface area is 101 Å². The molecule has 0 radical (unpaired) electrons. The van der Waals surface area contributed by atoms with E-state index in [1.165, 1.54) is 6.33 Å². The van der Waals surface area contributed by atoms with Gasteiger partial charge in [0.15, 0.2) is 0 Å². The smallest absolute Gasteiger partial charge is 0.255 e. The summed E-state index contributed by atoms with van der Waals surface area (Å²) in [6, 6.07) is 3.58. The highest BCUT2D eigenvalue weighted by Crippen LogP contribution is 2.15. The zero-order valence-electron chi connectivity index (χ0n) is 8.67. The third-order valence-electron chi connectivity index (χ3n) is 2.27. The van der Waals surface area contributed by atoms with Gasteiger partial charge in [-0.3, -0.25) is 0 Å². The molecule has 0 saturated carbocycles. The first kappa shape index (κ1) is 10.1. The average Bonchev–Trinajstić information content (AvgIpc) is 2.95. The molecule has 0 spiro atoms. The first-order chi connectivity index (χ1) is 8.33. The lowest BCUT2D eigenvalue weighted by atomic mass is 10.3. The monoisotopic (exact) mass is 249 g/mol. The molecule has 0 unspecified atom stereocenters. The van der Waals surface area contributed by atoms with Gasteiger partial charge in [-0.05, 0) is 6.07 Å². The van der Waals surface area contributed by atoms with Gasteiger partial charge in [-0.1, -0.05) is 11.6 Å². The van der Waals surface area contributed by atoms with Crippen molar-refractivity contribution in [2.45, 2.75) is 6.54 Å². The van der Waals surface area contributed by atoms with E-state index in [-0.39, 0.29) is 0 Å². The molecule has 1 N–H and O–H groups in total. The minimum atomic E-state index is 0.375. The molecular weight excluding hydrogens is 242 g/mol. The average molecular weight is 250 g/mol. The van der Waals surface area contributed by atoms with Crippen molar-refractivity contribution in [3.63, 3.8) is 0 Å². The van der Waals surface area contributed by atoms with E-state index >= 15 is 0 Å². The van der Waals surface area contributed by atoms with E-state index in [1.807, 2.05) is 6.07 Å². The van der Waals surface area contributed by atoms with Crippen LogP contribution < -0.4 is 5.32 Å². The standard InChI is InChI=1S/C10H8ClN5O/c11-8-3-9(12-4-7-1-2-17-5-7)16-10(15-8)13-6-14-16/h1-3,5-6,12H,4H2. The Hall–Kier alpha value is -2.08. The van der Waals surface area contributed by atoms with Gasteiger partial charge < -0.3 is 9.73 Å². The molecule has 0 aliphatic heterocycles. The number of rotatable bonds is 3. The quantitative estimate of drug-likeness (QED) is 0.719. The molecule has 3 aromatic heterocycles. The number of nitrogens with zero attached hydrogens (tertiary/aromatic N) is 4. The molecule has 86 valence electrons. The Bertz CT molecular complexity index is 633. The molecule has 0 aliphatic carbocycles. The van der Waals surface area contributed by atoms with Crippen LogP contribution >= 0.6 is 11.6 Å². The zero-order valence-corrected chi connectivity index (χ0v) is 9.42. The highest BCUT2D eigenvalue weighted by molar-refractivity contribution is 6.29. The summed E-state index contributed by atoms with van der Waals surface area (Å²) < 4.78 is 6.58. The van der Waals surface area contributed by atoms with Crippen LogP contribution in [0, 0.1) is 0 Å². The Morgan fingerprint density at radius 2 is 2.41 bits per heavy atom. The van der Waals surface area contributed by atoms with Crippen molar-refractivity contribution < 1.29 is 4.42 Å². The minimum Gasteiger partial charge on any atom is -0.472 e. The number of furan rings is 1. The van der Waals surface area contributed by atoms with Crippen molar-refractivity contribution in [2.24, 2.45) is 0 Å². The maximum absolute atomic E-state index is 5.89. The Morgan fingerprint density at radius 1 is 1.47 bits per heavy atom. The van der Waals surface area contributed by atoms with Gasteiger partial charge in [0, 0.05) is 18.2 Å².